The molecule has 1 aliphatic heterocycles. The van der Waals surface area contributed by atoms with Crippen LogP contribution in [0, 0.1) is 0 Å². The second-order valence-electron chi connectivity index (χ2n) is 6.47. The summed E-state index contributed by atoms with van der Waals surface area (Å²) >= 11 is 0. The van der Waals surface area contributed by atoms with E-state index in [4.69, 9.17) is 4.74 Å². The number of hydrogen-bond donors (Lipinski definition) is 0. The molecule has 0 amide bonds. The van der Waals surface area contributed by atoms with Crippen LogP contribution < -0.4 is 4.74 Å². The summed E-state index contributed by atoms with van der Waals surface area (Å²) in [7, 11) is 0. The van der Waals surface area contributed by atoms with Crippen LogP contribution in [0.15, 0.2) is 54.6 Å². The van der Waals surface area contributed by atoms with Crippen LogP contribution in [-0.2, 0) is 6.54 Å². The number of aromatic nitrogens is 4. The van der Waals surface area contributed by atoms with E-state index in [9.17, 15) is 0 Å². The summed E-state index contributed by atoms with van der Waals surface area (Å²) < 4.78 is 7.38. The van der Waals surface area contributed by atoms with E-state index < -0.39 is 0 Å². The molecule has 1 unspecified atom stereocenters. The van der Waals surface area contributed by atoms with Crippen LogP contribution in [0.25, 0.3) is 5.69 Å². The first-order valence-electron chi connectivity index (χ1n) is 9.14. The zero-order valence-corrected chi connectivity index (χ0v) is 15.0. The van der Waals surface area contributed by atoms with Crippen molar-refractivity contribution in [3.8, 4) is 11.4 Å². The van der Waals surface area contributed by atoms with Crippen molar-refractivity contribution in [3.63, 3.8) is 0 Å². The number of nitrogens with zero attached hydrogens (tertiary/aromatic N) is 5. The topological polar surface area (TPSA) is 56.1 Å². The number of likely N-dealkylation sites (tertiary alicyclic amines) is 1. The average molecular weight is 349 g/mol. The van der Waals surface area contributed by atoms with Crippen molar-refractivity contribution in [1.29, 1.82) is 0 Å². The van der Waals surface area contributed by atoms with Crippen molar-refractivity contribution in [2.45, 2.75) is 32.4 Å². The van der Waals surface area contributed by atoms with Gasteiger partial charge in [-0.3, -0.25) is 4.90 Å². The van der Waals surface area contributed by atoms with E-state index in [0.29, 0.717) is 12.6 Å². The molecule has 134 valence electrons. The minimum Gasteiger partial charge on any atom is -0.494 e. The fourth-order valence-electron chi connectivity index (χ4n) is 3.60. The third kappa shape index (κ3) is 3.46. The quantitative estimate of drug-likeness (QED) is 0.683. The first kappa shape index (κ1) is 16.7. The Kier molecular flexibility index (Phi) is 4.93. The molecule has 0 aliphatic carbocycles. The predicted molar refractivity (Wildman–Crippen MR) is 99.2 cm³/mol. The fourth-order valence-corrected chi connectivity index (χ4v) is 3.60. The molecule has 6 nitrogen and oxygen atoms in total. The van der Waals surface area contributed by atoms with E-state index in [1.807, 2.05) is 41.9 Å². The van der Waals surface area contributed by atoms with Crippen molar-refractivity contribution in [2.24, 2.45) is 0 Å². The summed E-state index contributed by atoms with van der Waals surface area (Å²) in [5, 5.41) is 12.3. The van der Waals surface area contributed by atoms with E-state index in [1.54, 1.807) is 0 Å². The zero-order valence-electron chi connectivity index (χ0n) is 15.0. The monoisotopic (exact) mass is 349 g/mol. The third-order valence-corrected chi connectivity index (χ3v) is 4.82. The first-order chi connectivity index (χ1) is 12.8. The van der Waals surface area contributed by atoms with E-state index in [-0.39, 0.29) is 0 Å². The van der Waals surface area contributed by atoms with Crippen molar-refractivity contribution in [2.75, 3.05) is 13.2 Å². The number of benzene rings is 2. The second-order valence-corrected chi connectivity index (χ2v) is 6.47. The summed E-state index contributed by atoms with van der Waals surface area (Å²) in [5.41, 5.74) is 2.31. The van der Waals surface area contributed by atoms with Gasteiger partial charge in [0.1, 0.15) is 5.75 Å². The molecule has 0 saturated carbocycles. The third-order valence-electron chi connectivity index (χ3n) is 4.82. The van der Waals surface area contributed by atoms with Crippen molar-refractivity contribution < 1.29 is 4.74 Å². The van der Waals surface area contributed by atoms with Gasteiger partial charge in [-0.15, -0.1) is 5.10 Å². The second kappa shape index (κ2) is 7.66. The minimum absolute atomic E-state index is 0.395. The van der Waals surface area contributed by atoms with Gasteiger partial charge < -0.3 is 4.74 Å². The Balaban J connectivity index is 1.52. The normalized spacial score (nSPS) is 17.5. The first-order valence-corrected chi connectivity index (χ1v) is 9.14. The largest absolute Gasteiger partial charge is 0.494 e. The summed E-state index contributed by atoms with van der Waals surface area (Å²) in [5.74, 6) is 1.79. The Hall–Kier alpha value is -2.73. The maximum atomic E-state index is 5.56. The van der Waals surface area contributed by atoms with Crippen LogP contribution in [0.2, 0.25) is 0 Å². The lowest BCUT2D eigenvalue weighted by molar-refractivity contribution is 0.240. The molecule has 2 aromatic carbocycles. The number of hydrogen-bond acceptors (Lipinski definition) is 5. The molecule has 0 radical (unpaired) electrons. The maximum Gasteiger partial charge on any atom is 0.170 e. The predicted octanol–water partition coefficient (Wildman–Crippen LogP) is 3.40. The summed E-state index contributed by atoms with van der Waals surface area (Å²) in [6.45, 7) is 4.49. The standard InChI is InChI=1S/C20H23N5O/c1-2-26-18-12-10-16(11-13-18)19-9-6-14-24(19)15-20-21-22-23-25(20)17-7-4-3-5-8-17/h3-5,7-8,10-13,19H,2,6,9,14-15H2,1H3. The van der Waals surface area contributed by atoms with Crippen molar-refractivity contribution in [1.82, 2.24) is 25.1 Å². The molecule has 0 N–H and O–H groups in total. The van der Waals surface area contributed by atoms with Gasteiger partial charge in [0, 0.05) is 6.04 Å². The highest BCUT2D eigenvalue weighted by molar-refractivity contribution is 5.31. The number of rotatable bonds is 6. The number of tetrazole rings is 1. The Morgan fingerprint density at radius 1 is 1.08 bits per heavy atom. The van der Waals surface area contributed by atoms with Crippen LogP contribution in [0.1, 0.15) is 37.2 Å². The summed E-state index contributed by atoms with van der Waals surface area (Å²) in [4.78, 5) is 2.46. The molecule has 6 heteroatoms. The van der Waals surface area contributed by atoms with Gasteiger partial charge in [-0.1, -0.05) is 30.3 Å². The summed E-state index contributed by atoms with van der Waals surface area (Å²) in [6, 6.07) is 18.9. The Morgan fingerprint density at radius 3 is 2.65 bits per heavy atom. The Bertz CT molecular complexity index is 831. The minimum atomic E-state index is 0.395. The smallest absolute Gasteiger partial charge is 0.170 e. The van der Waals surface area contributed by atoms with Gasteiger partial charge in [0.15, 0.2) is 5.82 Å². The van der Waals surface area contributed by atoms with E-state index >= 15 is 0 Å². The Labute approximate surface area is 153 Å². The molecule has 1 aliphatic rings. The molecule has 4 rings (SSSR count). The molecular formula is C20H23N5O. The highest BCUT2D eigenvalue weighted by atomic mass is 16.5. The van der Waals surface area contributed by atoms with Crippen molar-refractivity contribution >= 4 is 0 Å². The lowest BCUT2D eigenvalue weighted by atomic mass is 10.0. The molecule has 1 atom stereocenters. The fraction of sp³-hybridized carbons (Fsp3) is 0.350. The van der Waals surface area contributed by atoms with Crippen molar-refractivity contribution in [3.05, 3.63) is 66.0 Å². The van der Waals surface area contributed by atoms with Gasteiger partial charge >= 0.3 is 0 Å². The maximum absolute atomic E-state index is 5.56. The molecule has 26 heavy (non-hydrogen) atoms. The molecule has 1 fully saturated rings. The van der Waals surface area contributed by atoms with Gasteiger partial charge in [0.25, 0.3) is 0 Å². The molecule has 0 bridgehead atoms. The van der Waals surface area contributed by atoms with Gasteiger partial charge in [0.2, 0.25) is 0 Å². The molecule has 1 saturated heterocycles. The number of ether oxygens (including phenoxy) is 1. The number of para-hydroxylation sites is 1. The lowest BCUT2D eigenvalue weighted by Crippen LogP contribution is -2.24. The van der Waals surface area contributed by atoms with Gasteiger partial charge in [0.05, 0.1) is 18.8 Å². The molecule has 0 spiro atoms. The zero-order chi connectivity index (χ0) is 17.8. The highest BCUT2D eigenvalue weighted by Crippen LogP contribution is 2.33. The van der Waals surface area contributed by atoms with E-state index in [2.05, 4.69) is 44.7 Å². The summed E-state index contributed by atoms with van der Waals surface area (Å²) in [6.07, 6.45) is 2.34. The van der Waals surface area contributed by atoms with Crippen LogP contribution in [0.3, 0.4) is 0 Å². The van der Waals surface area contributed by atoms with Gasteiger partial charge in [-0.05, 0) is 66.6 Å². The van der Waals surface area contributed by atoms with Gasteiger partial charge in [-0.2, -0.15) is 4.68 Å². The van der Waals surface area contributed by atoms with Crippen LogP contribution in [0.5, 0.6) is 5.75 Å². The molecule has 3 aromatic rings. The highest BCUT2D eigenvalue weighted by Gasteiger charge is 2.27. The Morgan fingerprint density at radius 2 is 1.88 bits per heavy atom. The molecular weight excluding hydrogens is 326 g/mol. The van der Waals surface area contributed by atoms with Crippen LogP contribution in [-0.4, -0.2) is 38.3 Å². The molecule has 2 heterocycles. The average Bonchev–Trinajstić information content (AvgIpc) is 3.33. The van der Waals surface area contributed by atoms with E-state index in [0.717, 1.165) is 36.8 Å². The lowest BCUT2D eigenvalue weighted by Gasteiger charge is -2.24. The SMILES string of the molecule is CCOc1ccc(C2CCCN2Cc2nnnn2-c2ccccc2)cc1. The van der Waals surface area contributed by atoms with Crippen LogP contribution in [0.4, 0.5) is 0 Å². The van der Waals surface area contributed by atoms with Gasteiger partial charge in [-0.25, -0.2) is 0 Å². The van der Waals surface area contributed by atoms with Crippen LogP contribution >= 0.6 is 0 Å². The molecule has 1 aromatic heterocycles. The van der Waals surface area contributed by atoms with E-state index in [1.165, 1.54) is 12.0 Å².